The van der Waals surface area contributed by atoms with E-state index in [2.05, 4.69) is 266 Å². The highest BCUT2D eigenvalue weighted by atomic mass is 28.3. The van der Waals surface area contributed by atoms with Crippen LogP contribution in [0.25, 0.3) is 72.2 Å². The normalized spacial score (nSPS) is 12.2. The monoisotopic (exact) mass is 909 g/mol. The first-order valence-electron chi connectivity index (χ1n) is 24.2. The largest absolute Gasteiger partial charge is 0.455 e. The molecule has 3 heteroatoms. The maximum atomic E-state index is 6.47. The highest BCUT2D eigenvalue weighted by Gasteiger charge is 2.41. The molecule has 13 rings (SSSR count). The minimum absolute atomic E-state index is 0.904. The van der Waals surface area contributed by atoms with Crippen molar-refractivity contribution in [2.24, 2.45) is 0 Å². The summed E-state index contributed by atoms with van der Waals surface area (Å²) >= 11 is 0. The number of fused-ring (bicyclic) bond motifs is 3. The van der Waals surface area contributed by atoms with Crippen LogP contribution in [0.15, 0.2) is 271 Å². The molecule has 0 spiro atoms. The summed E-state index contributed by atoms with van der Waals surface area (Å²) in [5.41, 5.74) is 14.7. The zero-order valence-corrected chi connectivity index (χ0v) is 39.5. The van der Waals surface area contributed by atoms with E-state index in [9.17, 15) is 0 Å². The van der Waals surface area contributed by atoms with E-state index in [-0.39, 0.29) is 0 Å². The molecule has 0 radical (unpaired) electrons. The SMILES string of the molecule is C1=Cc2ccc(-c3ccc(N(c4ccc(-c5ccc([Si](c6ccccc6)(c6ccccc6)c6ccccc6)cc5)cc4)c4ccc(-c5cccc6c5oc5ccccc56)cc4)cc3)c3cccc(c23)C1. The molecular weight excluding hydrogens is 863 g/mol. The van der Waals surface area contributed by atoms with E-state index in [0.29, 0.717) is 0 Å². The molecule has 0 amide bonds. The molecule has 0 saturated carbocycles. The molecule has 0 N–H and O–H groups in total. The third-order valence-electron chi connectivity index (χ3n) is 14.5. The van der Waals surface area contributed by atoms with E-state index in [0.717, 1.165) is 56.5 Å². The molecule has 0 atom stereocenters. The van der Waals surface area contributed by atoms with Crippen molar-refractivity contribution >= 4 is 84.7 Å². The lowest BCUT2D eigenvalue weighted by atomic mass is 9.88. The Morgan fingerprint density at radius 3 is 1.41 bits per heavy atom. The maximum absolute atomic E-state index is 6.47. The van der Waals surface area contributed by atoms with Gasteiger partial charge in [0.2, 0.25) is 0 Å². The molecule has 0 saturated heterocycles. The Kier molecular flexibility index (Phi) is 10.3. The summed E-state index contributed by atoms with van der Waals surface area (Å²) in [6, 6.07) is 95.8. The number of para-hydroxylation sites is 2. The number of nitrogens with zero attached hydrogens (tertiary/aromatic N) is 1. The molecule has 0 unspecified atom stereocenters. The van der Waals surface area contributed by atoms with Crippen molar-refractivity contribution in [2.45, 2.75) is 6.42 Å². The van der Waals surface area contributed by atoms with Gasteiger partial charge in [-0.2, -0.15) is 0 Å². The molecule has 0 aliphatic heterocycles. The average Bonchev–Trinajstić information content (AvgIpc) is 3.83. The highest BCUT2D eigenvalue weighted by molar-refractivity contribution is 7.19. The number of hydrogen-bond donors (Lipinski definition) is 0. The first-order chi connectivity index (χ1) is 34.7. The summed E-state index contributed by atoms with van der Waals surface area (Å²) in [5.74, 6) is 0. The molecule has 2 nitrogen and oxygen atoms in total. The Hall–Kier alpha value is -8.76. The number of anilines is 3. The van der Waals surface area contributed by atoms with Crippen LogP contribution in [0, 0.1) is 0 Å². The standard InChI is InChI=1S/C67H47NOSi/c1-4-18-56(19-5-1)70(57-20-6-2-7-21-57,58-22-8-3-9-23-58)59-44-35-48(36-45-59)47-29-38-53(39-30-47)68(54-40-31-49(32-41-54)60-46-37-52-16-12-15-51-17-13-26-63(60)66(51)52)55-42-33-50(34-43-55)61-25-14-27-64-62-24-10-11-28-65(62)69-67(61)64/h1-14,16-46H,15H2. The smallest absolute Gasteiger partial charge is 0.179 e. The van der Waals surface area contributed by atoms with Crippen molar-refractivity contribution in [3.63, 3.8) is 0 Å². The number of hydrogen-bond acceptors (Lipinski definition) is 2. The van der Waals surface area contributed by atoms with Gasteiger partial charge in [0.25, 0.3) is 0 Å². The van der Waals surface area contributed by atoms with Crippen LogP contribution in [-0.2, 0) is 6.42 Å². The van der Waals surface area contributed by atoms with Crippen molar-refractivity contribution in [3.05, 3.63) is 278 Å². The van der Waals surface area contributed by atoms with Crippen molar-refractivity contribution in [1.82, 2.24) is 0 Å². The summed E-state index contributed by atoms with van der Waals surface area (Å²) in [7, 11) is -2.63. The van der Waals surface area contributed by atoms with Crippen molar-refractivity contribution in [3.8, 4) is 33.4 Å². The summed E-state index contributed by atoms with van der Waals surface area (Å²) in [4.78, 5) is 2.37. The third kappa shape index (κ3) is 7.01. The summed E-state index contributed by atoms with van der Waals surface area (Å²) < 4.78 is 6.47. The number of benzene rings is 11. The minimum atomic E-state index is -2.63. The molecular formula is C67H47NOSi. The Balaban J connectivity index is 0.881. The molecule has 1 aliphatic rings. The Labute approximate surface area is 409 Å². The lowest BCUT2D eigenvalue weighted by Gasteiger charge is -2.34. The average molecular weight is 910 g/mol. The van der Waals surface area contributed by atoms with Gasteiger partial charge in [-0.05, 0) is 119 Å². The molecule has 1 heterocycles. The molecule has 1 aromatic heterocycles. The van der Waals surface area contributed by atoms with Crippen LogP contribution in [0.4, 0.5) is 17.1 Å². The Bertz CT molecular complexity index is 3760. The number of allylic oxidation sites excluding steroid dienone is 1. The third-order valence-corrected chi connectivity index (χ3v) is 19.3. The lowest BCUT2D eigenvalue weighted by molar-refractivity contribution is 0.670. The van der Waals surface area contributed by atoms with Crippen LogP contribution in [-0.4, -0.2) is 8.07 Å². The second-order valence-electron chi connectivity index (χ2n) is 18.3. The summed E-state index contributed by atoms with van der Waals surface area (Å²) in [6.07, 6.45) is 5.50. The lowest BCUT2D eigenvalue weighted by Crippen LogP contribution is -2.74. The van der Waals surface area contributed by atoms with E-state index in [1.807, 2.05) is 12.1 Å². The summed E-state index contributed by atoms with van der Waals surface area (Å²) in [6.45, 7) is 0. The molecule has 11 aromatic carbocycles. The van der Waals surface area contributed by atoms with Gasteiger partial charge in [0.1, 0.15) is 11.2 Å². The topological polar surface area (TPSA) is 16.4 Å². The van der Waals surface area contributed by atoms with Gasteiger partial charge in [0.15, 0.2) is 8.07 Å². The van der Waals surface area contributed by atoms with Gasteiger partial charge in [-0.25, -0.2) is 0 Å². The van der Waals surface area contributed by atoms with Crippen LogP contribution in [0.1, 0.15) is 11.1 Å². The van der Waals surface area contributed by atoms with E-state index in [1.165, 1.54) is 64.9 Å². The van der Waals surface area contributed by atoms with E-state index >= 15 is 0 Å². The Morgan fingerprint density at radius 1 is 0.343 bits per heavy atom. The molecule has 70 heavy (non-hydrogen) atoms. The highest BCUT2D eigenvalue weighted by Crippen LogP contribution is 2.41. The van der Waals surface area contributed by atoms with Crippen LogP contribution in [0.5, 0.6) is 0 Å². The fourth-order valence-corrected chi connectivity index (χ4v) is 15.9. The van der Waals surface area contributed by atoms with Crippen molar-refractivity contribution < 1.29 is 4.42 Å². The van der Waals surface area contributed by atoms with E-state index in [4.69, 9.17) is 4.42 Å². The second-order valence-corrected chi connectivity index (χ2v) is 22.1. The molecule has 330 valence electrons. The van der Waals surface area contributed by atoms with Crippen LogP contribution in [0.3, 0.4) is 0 Å². The zero-order chi connectivity index (χ0) is 46.4. The molecule has 0 fully saturated rings. The van der Waals surface area contributed by atoms with Crippen LogP contribution in [0.2, 0.25) is 0 Å². The quantitative estimate of drug-likeness (QED) is 0.100. The van der Waals surface area contributed by atoms with Gasteiger partial charge in [-0.15, -0.1) is 0 Å². The first-order valence-corrected chi connectivity index (χ1v) is 26.2. The van der Waals surface area contributed by atoms with Crippen molar-refractivity contribution in [2.75, 3.05) is 4.90 Å². The van der Waals surface area contributed by atoms with Gasteiger partial charge in [-0.3, -0.25) is 0 Å². The van der Waals surface area contributed by atoms with Crippen LogP contribution >= 0.6 is 0 Å². The van der Waals surface area contributed by atoms with Crippen molar-refractivity contribution in [1.29, 1.82) is 0 Å². The predicted molar refractivity (Wildman–Crippen MR) is 299 cm³/mol. The van der Waals surface area contributed by atoms with E-state index < -0.39 is 8.07 Å². The van der Waals surface area contributed by atoms with Gasteiger partial charge >= 0.3 is 0 Å². The molecule has 12 aromatic rings. The molecule has 1 aliphatic carbocycles. The number of rotatable bonds is 10. The zero-order valence-electron chi connectivity index (χ0n) is 38.5. The maximum Gasteiger partial charge on any atom is 0.179 e. The van der Waals surface area contributed by atoms with Gasteiger partial charge < -0.3 is 9.32 Å². The van der Waals surface area contributed by atoms with Gasteiger partial charge in [-0.1, -0.05) is 231 Å². The Morgan fingerprint density at radius 2 is 0.814 bits per heavy atom. The molecule has 0 bridgehead atoms. The van der Waals surface area contributed by atoms with Gasteiger partial charge in [0, 0.05) is 33.4 Å². The predicted octanol–water partition coefficient (Wildman–Crippen LogP) is 15.2. The minimum Gasteiger partial charge on any atom is -0.455 e. The fourth-order valence-electron chi connectivity index (χ4n) is 11.2. The number of furan rings is 1. The first kappa shape index (κ1) is 41.4. The van der Waals surface area contributed by atoms with E-state index in [1.54, 1.807) is 0 Å². The summed E-state index contributed by atoms with van der Waals surface area (Å²) in [5, 5.41) is 10.4. The second kappa shape index (κ2) is 17.4. The fraction of sp³-hybridized carbons (Fsp3) is 0.0149. The van der Waals surface area contributed by atoms with Crippen LogP contribution < -0.4 is 25.6 Å². The van der Waals surface area contributed by atoms with Gasteiger partial charge in [0.05, 0.1) is 0 Å².